The number of primary amides is 1. The van der Waals surface area contributed by atoms with Gasteiger partial charge in [-0.2, -0.15) is 33.7 Å². The molecule has 156 valence electrons. The molecule has 0 aliphatic heterocycles. The summed E-state index contributed by atoms with van der Waals surface area (Å²) in [5.41, 5.74) is 4.53. The lowest BCUT2D eigenvalue weighted by Crippen LogP contribution is -2.04. The van der Waals surface area contributed by atoms with E-state index in [1.807, 2.05) is 0 Å². The summed E-state index contributed by atoms with van der Waals surface area (Å²) in [5, 5.41) is 0. The first-order chi connectivity index (χ1) is 10.3. The number of hydrogen-bond donors (Lipinski definition) is 5. The zero-order chi connectivity index (χ0) is 22.3. The molecular weight excluding hydrogens is 434 g/mol. The third-order valence-electron chi connectivity index (χ3n) is 0.201. The van der Waals surface area contributed by atoms with E-state index in [-0.39, 0.29) is 0 Å². The molecule has 1 amide bonds. The normalized spacial score (nSPS) is 10.6. The van der Waals surface area contributed by atoms with Gasteiger partial charge in [0, 0.05) is 0 Å². The minimum Gasteiger partial charge on any atom is -0.366 e. The highest BCUT2D eigenvalue weighted by Gasteiger charge is 1.82. The third-order valence-corrected chi connectivity index (χ3v) is 0.201. The first kappa shape index (κ1) is 35.0. The second-order valence-corrected chi connectivity index (χ2v) is 9.40. The van der Waals surface area contributed by atoms with E-state index >= 15 is 0 Å². The van der Waals surface area contributed by atoms with Crippen LogP contribution >= 0.6 is 0 Å². The second kappa shape index (κ2) is 15.1. The molecule has 0 unspecified atom stereocenters. The maximum absolute atomic E-state index is 9.47. The van der Waals surface area contributed by atoms with Crippen LogP contribution in [0.3, 0.4) is 0 Å². The maximum Gasteiger partial charge on any atom is 0.261 e. The Morgan fingerprint density at radius 1 is 0.680 bits per heavy atom. The fourth-order valence-electron chi connectivity index (χ4n) is 0. The molecule has 0 bridgehead atoms. The Bertz CT molecular complexity index is 621. The zero-order valence-electron chi connectivity index (χ0n) is 13.5. The van der Waals surface area contributed by atoms with Gasteiger partial charge in [-0.25, -0.2) is 0 Å². The fraction of sp³-hybridized carbons (Fsp3) is 0.571. The molecule has 0 aliphatic rings. The molecule has 6 N–H and O–H groups in total. The first-order valence-corrected chi connectivity index (χ1v) is 12.3. The molecule has 14 nitrogen and oxygen atoms in total. The SMILES string of the molecule is C=CC(N)=O.CS(=O)(=O)O.CS(=O)(=O)O.CS(=O)(=O)O.CS(=O)(=O)O. The van der Waals surface area contributed by atoms with Gasteiger partial charge in [0.2, 0.25) is 5.91 Å². The molecule has 0 spiro atoms. The van der Waals surface area contributed by atoms with Crippen molar-refractivity contribution in [3.63, 3.8) is 0 Å². The van der Waals surface area contributed by atoms with Crippen LogP contribution in [0.25, 0.3) is 0 Å². The summed E-state index contributed by atoms with van der Waals surface area (Å²) in [6.45, 7) is 3.09. The summed E-state index contributed by atoms with van der Waals surface area (Å²) in [6.07, 6.45) is 3.92. The molecule has 0 fully saturated rings. The largest absolute Gasteiger partial charge is 0.366 e. The Kier molecular flexibility index (Phi) is 21.2. The van der Waals surface area contributed by atoms with Gasteiger partial charge in [0.05, 0.1) is 25.0 Å². The molecule has 25 heavy (non-hydrogen) atoms. The van der Waals surface area contributed by atoms with Crippen LogP contribution in [0.2, 0.25) is 0 Å². The van der Waals surface area contributed by atoms with Gasteiger partial charge >= 0.3 is 0 Å². The summed E-state index contributed by atoms with van der Waals surface area (Å²) >= 11 is 0. The van der Waals surface area contributed by atoms with E-state index in [4.69, 9.17) is 18.2 Å². The molecule has 0 atom stereocenters. The van der Waals surface area contributed by atoms with Crippen molar-refractivity contribution in [3.05, 3.63) is 12.7 Å². The van der Waals surface area contributed by atoms with Crippen molar-refractivity contribution in [2.75, 3.05) is 25.0 Å². The molecule has 0 aromatic carbocycles. The standard InChI is InChI=1S/C3H5NO.4CH4O3S/c1-2-3(4)5;4*1-5(2,3)4/h2H,1H2,(H2,4,5);4*1H3,(H,2,3,4). The van der Waals surface area contributed by atoms with Crippen molar-refractivity contribution < 1.29 is 56.7 Å². The molecule has 0 aromatic heterocycles. The number of nitrogens with two attached hydrogens (primary N) is 1. The van der Waals surface area contributed by atoms with E-state index in [1.54, 1.807) is 0 Å². The first-order valence-electron chi connectivity index (χ1n) is 4.89. The smallest absolute Gasteiger partial charge is 0.261 e. The number of rotatable bonds is 1. The third kappa shape index (κ3) is 13700. The Morgan fingerprint density at radius 3 is 0.720 bits per heavy atom. The predicted molar refractivity (Wildman–Crippen MR) is 89.3 cm³/mol. The van der Waals surface area contributed by atoms with Crippen LogP contribution in [0.1, 0.15) is 0 Å². The van der Waals surface area contributed by atoms with Gasteiger partial charge in [-0.1, -0.05) is 6.58 Å². The Balaban J connectivity index is -0.0000000667. The van der Waals surface area contributed by atoms with Crippen molar-refractivity contribution in [1.82, 2.24) is 0 Å². The van der Waals surface area contributed by atoms with Crippen LogP contribution in [-0.4, -0.2) is 82.8 Å². The number of carbonyl (C=O) groups is 1. The quantitative estimate of drug-likeness (QED) is 0.205. The number of carbonyl (C=O) groups excluding carboxylic acids is 1. The predicted octanol–water partition coefficient (Wildman–Crippen LogP) is -2.33. The topological polar surface area (TPSA) is 261 Å². The molecule has 18 heteroatoms. The highest BCUT2D eigenvalue weighted by atomic mass is 32.2. The van der Waals surface area contributed by atoms with Crippen LogP contribution < -0.4 is 5.73 Å². The van der Waals surface area contributed by atoms with Crippen LogP contribution in [-0.2, 0) is 45.3 Å². The summed E-state index contributed by atoms with van der Waals surface area (Å²) in [4.78, 5) is 9.47. The van der Waals surface area contributed by atoms with E-state index < -0.39 is 46.4 Å². The van der Waals surface area contributed by atoms with Gasteiger partial charge in [-0.3, -0.25) is 23.0 Å². The van der Waals surface area contributed by atoms with Crippen molar-refractivity contribution in [2.45, 2.75) is 0 Å². The second-order valence-electron chi connectivity index (χ2n) is 3.54. The number of amides is 1. The van der Waals surface area contributed by atoms with E-state index in [0.717, 1.165) is 6.08 Å². The molecule has 0 aliphatic carbocycles. The average molecular weight is 456 g/mol. The van der Waals surface area contributed by atoms with Crippen LogP contribution in [0, 0.1) is 0 Å². The lowest BCUT2D eigenvalue weighted by molar-refractivity contribution is -0.113. The Labute approximate surface area is 146 Å². The van der Waals surface area contributed by atoms with Crippen molar-refractivity contribution in [3.8, 4) is 0 Å². The van der Waals surface area contributed by atoms with E-state index in [1.165, 1.54) is 0 Å². The minimum absolute atomic E-state index is 0.481. The molecule has 0 rings (SSSR count). The summed E-state index contributed by atoms with van der Waals surface area (Å²) in [5.74, 6) is -0.481. The molecule has 0 heterocycles. The molecule has 0 radical (unpaired) electrons. The summed E-state index contributed by atoms with van der Waals surface area (Å²) in [7, 11) is -14.7. The summed E-state index contributed by atoms with van der Waals surface area (Å²) in [6, 6.07) is 0. The minimum atomic E-state index is -3.67. The van der Waals surface area contributed by atoms with Crippen molar-refractivity contribution >= 4 is 46.4 Å². The monoisotopic (exact) mass is 455 g/mol. The Morgan fingerprint density at radius 2 is 0.720 bits per heavy atom. The summed E-state index contributed by atoms with van der Waals surface area (Å²) < 4.78 is 103. The van der Waals surface area contributed by atoms with Gasteiger partial charge < -0.3 is 5.73 Å². The van der Waals surface area contributed by atoms with E-state index in [9.17, 15) is 38.5 Å². The zero-order valence-corrected chi connectivity index (χ0v) is 16.7. The maximum atomic E-state index is 9.47. The van der Waals surface area contributed by atoms with Gasteiger partial charge in [-0.15, -0.1) is 0 Å². The van der Waals surface area contributed by atoms with Gasteiger partial charge in [0.1, 0.15) is 0 Å². The lowest BCUT2D eigenvalue weighted by atomic mass is 10.6. The molecule has 0 saturated carbocycles. The lowest BCUT2D eigenvalue weighted by Gasteiger charge is -1.69. The van der Waals surface area contributed by atoms with Crippen molar-refractivity contribution in [1.29, 1.82) is 0 Å². The fourth-order valence-corrected chi connectivity index (χ4v) is 0. The van der Waals surface area contributed by atoms with E-state index in [0.29, 0.717) is 25.0 Å². The number of hydrogen-bond acceptors (Lipinski definition) is 9. The van der Waals surface area contributed by atoms with Crippen LogP contribution in [0.15, 0.2) is 12.7 Å². The molecule has 0 saturated heterocycles. The van der Waals surface area contributed by atoms with Crippen LogP contribution in [0.4, 0.5) is 0 Å². The molecular formula is C7H21NO13S4. The van der Waals surface area contributed by atoms with Crippen molar-refractivity contribution in [2.24, 2.45) is 5.73 Å². The van der Waals surface area contributed by atoms with E-state index in [2.05, 4.69) is 12.3 Å². The van der Waals surface area contributed by atoms with Gasteiger partial charge in [-0.05, 0) is 6.08 Å². The highest BCUT2D eigenvalue weighted by molar-refractivity contribution is 7.85. The van der Waals surface area contributed by atoms with Gasteiger partial charge in [0.15, 0.2) is 0 Å². The van der Waals surface area contributed by atoms with Gasteiger partial charge in [0.25, 0.3) is 40.5 Å². The van der Waals surface area contributed by atoms with Crippen LogP contribution in [0.5, 0.6) is 0 Å². The highest BCUT2D eigenvalue weighted by Crippen LogP contribution is 1.61. The average Bonchev–Trinajstić information content (AvgIpc) is 2.05. The molecule has 0 aromatic rings. The Hall–Kier alpha value is -1.15.